The fourth-order valence-electron chi connectivity index (χ4n) is 3.69. The Hall–Kier alpha value is -1.10. The van der Waals surface area contributed by atoms with Crippen molar-refractivity contribution in [3.8, 4) is 0 Å². The van der Waals surface area contributed by atoms with Gasteiger partial charge in [-0.3, -0.25) is 9.59 Å². The van der Waals surface area contributed by atoms with E-state index in [0.29, 0.717) is 19.6 Å². The lowest BCUT2D eigenvalue weighted by Crippen LogP contribution is -2.49. The van der Waals surface area contributed by atoms with Crippen LogP contribution in [0.3, 0.4) is 0 Å². The molecule has 1 heterocycles. The number of carbonyl (C=O) groups excluding carboxylic acids is 2. The van der Waals surface area contributed by atoms with E-state index < -0.39 is 5.41 Å². The van der Waals surface area contributed by atoms with Crippen LogP contribution in [0.15, 0.2) is 0 Å². The summed E-state index contributed by atoms with van der Waals surface area (Å²) in [6, 6.07) is 0. The third-order valence-corrected chi connectivity index (χ3v) is 5.19. The molecule has 0 aromatic rings. The monoisotopic (exact) mass is 281 g/mol. The van der Waals surface area contributed by atoms with Gasteiger partial charge in [-0.2, -0.15) is 0 Å². The minimum Gasteiger partial charge on any atom is -0.359 e. The molecule has 0 aromatic carbocycles. The van der Waals surface area contributed by atoms with Crippen molar-refractivity contribution >= 4 is 11.8 Å². The average Bonchev–Trinajstić information content (AvgIpc) is 2.90. The topological polar surface area (TPSA) is 75.4 Å². The highest BCUT2D eigenvalue weighted by Crippen LogP contribution is 2.40. The molecule has 2 rings (SSSR count). The maximum absolute atomic E-state index is 12.9. The van der Waals surface area contributed by atoms with Gasteiger partial charge in [0.1, 0.15) is 0 Å². The van der Waals surface area contributed by atoms with E-state index >= 15 is 0 Å². The van der Waals surface area contributed by atoms with Gasteiger partial charge in [-0.05, 0) is 26.2 Å². The van der Waals surface area contributed by atoms with Crippen LogP contribution >= 0.6 is 0 Å². The Labute approximate surface area is 121 Å². The maximum atomic E-state index is 12.9. The summed E-state index contributed by atoms with van der Waals surface area (Å²) in [6.07, 6.45) is 5.90. The highest BCUT2D eigenvalue weighted by atomic mass is 16.2. The van der Waals surface area contributed by atoms with E-state index in [0.717, 1.165) is 32.1 Å². The molecule has 114 valence electrons. The third kappa shape index (κ3) is 2.55. The Morgan fingerprint density at radius 3 is 2.40 bits per heavy atom. The van der Waals surface area contributed by atoms with Crippen molar-refractivity contribution in [2.75, 3.05) is 26.7 Å². The van der Waals surface area contributed by atoms with Crippen LogP contribution in [0.1, 0.15) is 45.4 Å². The molecule has 1 atom stereocenters. The van der Waals surface area contributed by atoms with E-state index in [-0.39, 0.29) is 17.2 Å². The number of nitrogens with two attached hydrogens (primary N) is 1. The van der Waals surface area contributed by atoms with Crippen molar-refractivity contribution in [3.63, 3.8) is 0 Å². The van der Waals surface area contributed by atoms with Crippen molar-refractivity contribution in [3.05, 3.63) is 0 Å². The molecule has 20 heavy (non-hydrogen) atoms. The second kappa shape index (κ2) is 5.72. The number of nitrogens with one attached hydrogen (secondary N) is 1. The molecule has 0 spiro atoms. The molecule has 3 N–H and O–H groups in total. The molecule has 0 bridgehead atoms. The predicted octanol–water partition coefficient (Wildman–Crippen LogP) is 0.880. The Bertz CT molecular complexity index is 391. The van der Waals surface area contributed by atoms with Gasteiger partial charge >= 0.3 is 0 Å². The van der Waals surface area contributed by atoms with E-state index in [1.807, 2.05) is 11.8 Å². The van der Waals surface area contributed by atoms with Gasteiger partial charge in [0.15, 0.2) is 0 Å². The number of hydrogen-bond acceptors (Lipinski definition) is 3. The quantitative estimate of drug-likeness (QED) is 0.806. The number of rotatable bonds is 3. The van der Waals surface area contributed by atoms with E-state index in [2.05, 4.69) is 5.32 Å². The van der Waals surface area contributed by atoms with Crippen molar-refractivity contribution in [1.82, 2.24) is 10.2 Å². The van der Waals surface area contributed by atoms with Gasteiger partial charge in [-0.1, -0.05) is 19.3 Å². The Balaban J connectivity index is 2.09. The number of carbonyl (C=O) groups is 2. The van der Waals surface area contributed by atoms with Gasteiger partial charge in [0.2, 0.25) is 11.8 Å². The van der Waals surface area contributed by atoms with Crippen LogP contribution in [0, 0.1) is 10.8 Å². The fourth-order valence-corrected chi connectivity index (χ4v) is 3.69. The fraction of sp³-hybridized carbons (Fsp3) is 0.867. The first kappa shape index (κ1) is 15.3. The van der Waals surface area contributed by atoms with Gasteiger partial charge in [0.25, 0.3) is 0 Å². The minimum absolute atomic E-state index is 0.0262. The third-order valence-electron chi connectivity index (χ3n) is 5.19. The molecular formula is C15H27N3O2. The highest BCUT2D eigenvalue weighted by Gasteiger charge is 2.47. The second-order valence-corrected chi connectivity index (χ2v) is 6.66. The number of likely N-dealkylation sites (tertiary alicyclic amines) is 1. The van der Waals surface area contributed by atoms with Gasteiger partial charge in [0.05, 0.1) is 10.8 Å². The molecule has 5 nitrogen and oxygen atoms in total. The summed E-state index contributed by atoms with van der Waals surface area (Å²) >= 11 is 0. The van der Waals surface area contributed by atoms with Crippen LogP contribution in [-0.2, 0) is 9.59 Å². The highest BCUT2D eigenvalue weighted by molar-refractivity contribution is 5.87. The van der Waals surface area contributed by atoms with E-state index in [1.54, 1.807) is 7.05 Å². The number of hydrogen-bond donors (Lipinski definition) is 2. The molecule has 2 amide bonds. The maximum Gasteiger partial charge on any atom is 0.230 e. The Morgan fingerprint density at radius 2 is 1.85 bits per heavy atom. The summed E-state index contributed by atoms with van der Waals surface area (Å²) in [6.45, 7) is 3.56. The van der Waals surface area contributed by atoms with E-state index in [1.165, 1.54) is 6.42 Å². The molecule has 0 aromatic heterocycles. The van der Waals surface area contributed by atoms with Gasteiger partial charge in [-0.25, -0.2) is 0 Å². The zero-order chi connectivity index (χ0) is 14.8. The zero-order valence-electron chi connectivity index (χ0n) is 12.7. The van der Waals surface area contributed by atoms with Crippen LogP contribution in [0.2, 0.25) is 0 Å². The van der Waals surface area contributed by atoms with Crippen LogP contribution in [0.4, 0.5) is 0 Å². The lowest BCUT2D eigenvalue weighted by molar-refractivity contribution is -0.143. The lowest BCUT2D eigenvalue weighted by atomic mass is 9.73. The Morgan fingerprint density at radius 1 is 1.20 bits per heavy atom. The van der Waals surface area contributed by atoms with Crippen molar-refractivity contribution in [2.45, 2.75) is 45.4 Å². The van der Waals surface area contributed by atoms with Crippen LogP contribution < -0.4 is 11.1 Å². The van der Waals surface area contributed by atoms with Gasteiger partial charge < -0.3 is 16.0 Å². The molecule has 1 unspecified atom stereocenters. The first-order valence-electron chi connectivity index (χ1n) is 7.69. The van der Waals surface area contributed by atoms with Gasteiger partial charge in [0, 0.05) is 26.7 Å². The number of amides is 2. The van der Waals surface area contributed by atoms with Crippen LogP contribution in [-0.4, -0.2) is 43.4 Å². The van der Waals surface area contributed by atoms with Crippen molar-refractivity contribution < 1.29 is 9.59 Å². The zero-order valence-corrected chi connectivity index (χ0v) is 12.7. The van der Waals surface area contributed by atoms with Crippen molar-refractivity contribution in [1.29, 1.82) is 0 Å². The first-order chi connectivity index (χ1) is 9.47. The molecule has 5 heteroatoms. The smallest absolute Gasteiger partial charge is 0.230 e. The second-order valence-electron chi connectivity index (χ2n) is 6.66. The molecule has 2 fully saturated rings. The molecule has 1 aliphatic heterocycles. The van der Waals surface area contributed by atoms with Gasteiger partial charge in [-0.15, -0.1) is 0 Å². The lowest BCUT2D eigenvalue weighted by Gasteiger charge is -2.38. The van der Waals surface area contributed by atoms with Crippen LogP contribution in [0.5, 0.6) is 0 Å². The first-order valence-corrected chi connectivity index (χ1v) is 7.69. The summed E-state index contributed by atoms with van der Waals surface area (Å²) in [5, 5.41) is 2.71. The minimum atomic E-state index is -0.450. The Kier molecular flexibility index (Phi) is 4.37. The summed E-state index contributed by atoms with van der Waals surface area (Å²) in [4.78, 5) is 26.7. The molecule has 1 saturated carbocycles. The predicted molar refractivity (Wildman–Crippen MR) is 77.9 cm³/mol. The molecule has 2 aliphatic rings. The van der Waals surface area contributed by atoms with Crippen molar-refractivity contribution in [2.24, 2.45) is 16.6 Å². The summed E-state index contributed by atoms with van der Waals surface area (Å²) in [7, 11) is 1.65. The summed E-state index contributed by atoms with van der Waals surface area (Å²) in [5.74, 6) is 0.200. The van der Waals surface area contributed by atoms with E-state index in [9.17, 15) is 9.59 Å². The SMILES string of the molecule is CNC(=O)C1(C)CCN(C(=O)C2(CN)CCCCC2)C1. The number of nitrogens with zero attached hydrogens (tertiary/aromatic N) is 1. The largest absolute Gasteiger partial charge is 0.359 e. The molecular weight excluding hydrogens is 254 g/mol. The summed E-state index contributed by atoms with van der Waals surface area (Å²) < 4.78 is 0. The molecule has 0 radical (unpaired) electrons. The average molecular weight is 281 g/mol. The molecule has 1 saturated heterocycles. The van der Waals surface area contributed by atoms with E-state index in [4.69, 9.17) is 5.73 Å². The summed E-state index contributed by atoms with van der Waals surface area (Å²) in [5.41, 5.74) is 5.12. The normalized spacial score (nSPS) is 29.2. The molecule has 1 aliphatic carbocycles. The van der Waals surface area contributed by atoms with Crippen LogP contribution in [0.25, 0.3) is 0 Å². The standard InChI is InChI=1S/C15H27N3O2/c1-14(12(19)17-2)8-9-18(11-14)13(20)15(10-16)6-4-3-5-7-15/h3-11,16H2,1-2H3,(H,17,19).